The molecule has 1 aliphatic rings. The minimum absolute atomic E-state index is 0.163. The van der Waals surface area contributed by atoms with Crippen LogP contribution in [-0.2, 0) is 22.0 Å². The molecule has 0 saturated heterocycles. The van der Waals surface area contributed by atoms with Gasteiger partial charge in [-0.25, -0.2) is 9.20 Å². The van der Waals surface area contributed by atoms with Crippen LogP contribution >= 0.6 is 0 Å². The van der Waals surface area contributed by atoms with Crippen LogP contribution in [0, 0.1) is 0 Å². The summed E-state index contributed by atoms with van der Waals surface area (Å²) in [5, 5.41) is 8.52. The van der Waals surface area contributed by atoms with Crippen molar-refractivity contribution in [2.75, 3.05) is 0 Å². The molecule has 1 aliphatic heterocycles. The normalized spacial score (nSPS) is 17.4. The number of carboxylic acids is 1. The van der Waals surface area contributed by atoms with Crippen LogP contribution in [0.1, 0.15) is 18.4 Å². The summed E-state index contributed by atoms with van der Waals surface area (Å²) >= 11 is 0. The number of fused-ring (bicyclic) bond motifs is 1. The number of nitrogens with zero attached hydrogens (tertiary/aromatic N) is 1. The number of hydrogen-bond donors (Lipinski definition) is 1. The van der Waals surface area contributed by atoms with E-state index >= 15 is 0 Å². The molecule has 0 radical (unpaired) electrons. The van der Waals surface area contributed by atoms with Gasteiger partial charge in [0.15, 0.2) is 0 Å². The number of hydrogen-bond acceptors (Lipinski definition) is 3. The SMILES string of the molecule is O=C(O)CCCc1ccc2c(c1)S(=O)C=N2. The maximum Gasteiger partial charge on any atom is 0.303 e. The number of aryl methyl sites for hydroxylation is 1. The van der Waals surface area contributed by atoms with E-state index < -0.39 is 16.8 Å². The number of carbonyl (C=O) groups is 1. The molecule has 1 N–H and O–H groups in total. The summed E-state index contributed by atoms with van der Waals surface area (Å²) in [4.78, 5) is 15.1. The highest BCUT2D eigenvalue weighted by Gasteiger charge is 2.14. The molecule has 2 rings (SSSR count). The third kappa shape index (κ3) is 2.36. The van der Waals surface area contributed by atoms with E-state index in [9.17, 15) is 9.00 Å². The lowest BCUT2D eigenvalue weighted by Gasteiger charge is -2.02. The fourth-order valence-electron chi connectivity index (χ4n) is 1.59. The summed E-state index contributed by atoms with van der Waals surface area (Å²) in [5.41, 5.74) is 3.19. The van der Waals surface area contributed by atoms with Crippen LogP contribution in [0.5, 0.6) is 0 Å². The van der Waals surface area contributed by atoms with Crippen LogP contribution < -0.4 is 0 Å². The summed E-state index contributed by atoms with van der Waals surface area (Å²) in [7, 11) is -1.13. The standard InChI is InChI=1S/C11H11NO3S/c13-11(14)3-1-2-8-4-5-9-10(6-8)16(15)7-12-9/h4-7H,1-3H2,(H,13,14). The molecule has 0 bridgehead atoms. The Balaban J connectivity index is 2.05. The molecule has 0 aromatic heterocycles. The molecular weight excluding hydrogens is 226 g/mol. The van der Waals surface area contributed by atoms with Crippen molar-refractivity contribution in [2.45, 2.75) is 24.2 Å². The average molecular weight is 237 g/mol. The minimum Gasteiger partial charge on any atom is -0.481 e. The Hall–Kier alpha value is -1.49. The van der Waals surface area contributed by atoms with Crippen LogP contribution in [-0.4, -0.2) is 20.8 Å². The highest BCUT2D eigenvalue weighted by Crippen LogP contribution is 2.28. The zero-order chi connectivity index (χ0) is 11.5. The lowest BCUT2D eigenvalue weighted by Crippen LogP contribution is -1.96. The van der Waals surface area contributed by atoms with Gasteiger partial charge in [-0.15, -0.1) is 0 Å². The van der Waals surface area contributed by atoms with Gasteiger partial charge in [-0.3, -0.25) is 4.79 Å². The van der Waals surface area contributed by atoms with Crippen molar-refractivity contribution in [3.05, 3.63) is 23.8 Å². The Morgan fingerprint density at radius 3 is 3.00 bits per heavy atom. The maximum atomic E-state index is 11.5. The van der Waals surface area contributed by atoms with E-state index in [1.165, 1.54) is 5.55 Å². The molecule has 0 amide bonds. The van der Waals surface area contributed by atoms with Crippen LogP contribution in [0.2, 0.25) is 0 Å². The zero-order valence-corrected chi connectivity index (χ0v) is 9.37. The lowest BCUT2D eigenvalue weighted by molar-refractivity contribution is -0.137. The maximum absolute atomic E-state index is 11.5. The largest absolute Gasteiger partial charge is 0.481 e. The van der Waals surface area contributed by atoms with E-state index in [2.05, 4.69) is 4.99 Å². The Morgan fingerprint density at radius 2 is 2.25 bits per heavy atom. The van der Waals surface area contributed by atoms with Gasteiger partial charge in [0.05, 0.1) is 26.9 Å². The van der Waals surface area contributed by atoms with Gasteiger partial charge in [0, 0.05) is 6.42 Å². The molecule has 1 atom stereocenters. The van der Waals surface area contributed by atoms with Crippen molar-refractivity contribution in [3.63, 3.8) is 0 Å². The Kier molecular flexibility index (Phi) is 3.14. The monoisotopic (exact) mass is 237 g/mol. The van der Waals surface area contributed by atoms with Crippen LogP contribution in [0.15, 0.2) is 28.1 Å². The first-order chi connectivity index (χ1) is 7.66. The van der Waals surface area contributed by atoms with Crippen LogP contribution in [0.3, 0.4) is 0 Å². The summed E-state index contributed by atoms with van der Waals surface area (Å²) in [6, 6.07) is 5.58. The van der Waals surface area contributed by atoms with Crippen LogP contribution in [0.4, 0.5) is 5.69 Å². The van der Waals surface area contributed by atoms with Gasteiger partial charge >= 0.3 is 5.97 Å². The third-order valence-corrected chi connectivity index (χ3v) is 3.44. The van der Waals surface area contributed by atoms with E-state index in [0.29, 0.717) is 12.8 Å². The highest BCUT2D eigenvalue weighted by atomic mass is 32.2. The van der Waals surface area contributed by atoms with Gasteiger partial charge in [0.1, 0.15) is 0 Å². The summed E-state index contributed by atoms with van der Waals surface area (Å²) < 4.78 is 11.5. The number of carboxylic acid groups (broad SMARTS) is 1. The molecule has 84 valence electrons. The summed E-state index contributed by atoms with van der Waals surface area (Å²) in [5.74, 6) is -0.784. The fraction of sp³-hybridized carbons (Fsp3) is 0.273. The fourth-order valence-corrected chi connectivity index (χ4v) is 2.50. The smallest absolute Gasteiger partial charge is 0.303 e. The molecule has 0 saturated carbocycles. The van der Waals surface area contributed by atoms with E-state index in [1.54, 1.807) is 0 Å². The second kappa shape index (κ2) is 4.57. The van der Waals surface area contributed by atoms with Crippen molar-refractivity contribution in [2.24, 2.45) is 4.99 Å². The van der Waals surface area contributed by atoms with Crippen molar-refractivity contribution in [1.82, 2.24) is 0 Å². The molecule has 0 aliphatic carbocycles. The predicted molar refractivity (Wildman–Crippen MR) is 61.6 cm³/mol. The second-order valence-corrected chi connectivity index (χ2v) is 4.83. The van der Waals surface area contributed by atoms with Crippen molar-refractivity contribution in [1.29, 1.82) is 0 Å². The van der Waals surface area contributed by atoms with E-state index in [1.807, 2.05) is 18.2 Å². The van der Waals surface area contributed by atoms with Gasteiger partial charge in [0.25, 0.3) is 0 Å². The van der Waals surface area contributed by atoms with Gasteiger partial charge in [-0.05, 0) is 30.5 Å². The predicted octanol–water partition coefficient (Wildman–Crippen LogP) is 1.87. The average Bonchev–Trinajstić information content (AvgIpc) is 2.60. The summed E-state index contributed by atoms with van der Waals surface area (Å²) in [6.45, 7) is 0. The molecule has 0 spiro atoms. The number of aliphatic carboxylic acids is 1. The number of benzene rings is 1. The molecule has 0 fully saturated rings. The topological polar surface area (TPSA) is 66.7 Å². The molecule has 1 aromatic rings. The Morgan fingerprint density at radius 1 is 1.44 bits per heavy atom. The molecule has 5 heteroatoms. The summed E-state index contributed by atoms with van der Waals surface area (Å²) in [6.07, 6.45) is 1.45. The first kappa shape index (κ1) is 11.0. The molecule has 1 heterocycles. The van der Waals surface area contributed by atoms with E-state index in [4.69, 9.17) is 5.11 Å². The van der Waals surface area contributed by atoms with Gasteiger partial charge in [-0.1, -0.05) is 6.07 Å². The second-order valence-electron chi connectivity index (χ2n) is 3.58. The first-order valence-corrected chi connectivity index (χ1v) is 6.17. The number of rotatable bonds is 4. The Bertz CT molecular complexity index is 482. The molecular formula is C11H11NO3S. The van der Waals surface area contributed by atoms with Gasteiger partial charge in [0.2, 0.25) is 0 Å². The van der Waals surface area contributed by atoms with E-state index in [-0.39, 0.29) is 6.42 Å². The molecule has 4 nitrogen and oxygen atoms in total. The van der Waals surface area contributed by atoms with Crippen molar-refractivity contribution in [3.8, 4) is 0 Å². The molecule has 1 unspecified atom stereocenters. The van der Waals surface area contributed by atoms with Gasteiger partial charge < -0.3 is 5.11 Å². The van der Waals surface area contributed by atoms with Crippen LogP contribution in [0.25, 0.3) is 0 Å². The third-order valence-electron chi connectivity index (χ3n) is 2.38. The number of aliphatic imine (C=N–C) groups is 1. The van der Waals surface area contributed by atoms with Crippen molar-refractivity contribution < 1.29 is 14.1 Å². The zero-order valence-electron chi connectivity index (χ0n) is 8.55. The van der Waals surface area contributed by atoms with Gasteiger partial charge in [-0.2, -0.15) is 0 Å². The highest BCUT2D eigenvalue weighted by molar-refractivity contribution is 7.99. The Labute approximate surface area is 95.5 Å². The molecule has 16 heavy (non-hydrogen) atoms. The quantitative estimate of drug-likeness (QED) is 0.869. The molecule has 1 aromatic carbocycles. The lowest BCUT2D eigenvalue weighted by atomic mass is 10.1. The van der Waals surface area contributed by atoms with E-state index in [0.717, 1.165) is 16.1 Å². The first-order valence-electron chi connectivity index (χ1n) is 4.96. The minimum atomic E-state index is -1.13. The van der Waals surface area contributed by atoms with Crippen molar-refractivity contribution >= 4 is 28.0 Å².